The van der Waals surface area contributed by atoms with Gasteiger partial charge in [0.2, 0.25) is 5.91 Å². The maximum atomic E-state index is 13.7. The lowest BCUT2D eigenvalue weighted by Crippen LogP contribution is -2.29. The number of ether oxygens (including phenoxy) is 2. The summed E-state index contributed by atoms with van der Waals surface area (Å²) in [6.45, 7) is 3.23. The van der Waals surface area contributed by atoms with Crippen LogP contribution in [0.1, 0.15) is 41.1 Å². The van der Waals surface area contributed by atoms with Crippen molar-refractivity contribution in [3.63, 3.8) is 0 Å². The molecule has 2 heterocycles. The third kappa shape index (κ3) is 6.82. The van der Waals surface area contributed by atoms with Crippen LogP contribution in [0.25, 0.3) is 10.2 Å². The van der Waals surface area contributed by atoms with Crippen LogP contribution in [-0.4, -0.2) is 61.5 Å². The Morgan fingerprint density at radius 2 is 1.82 bits per heavy atom. The van der Waals surface area contributed by atoms with Crippen molar-refractivity contribution in [1.29, 1.82) is 0 Å². The fourth-order valence-electron chi connectivity index (χ4n) is 4.27. The van der Waals surface area contributed by atoms with E-state index >= 15 is 0 Å². The molecule has 214 valence electrons. The van der Waals surface area contributed by atoms with Crippen LogP contribution >= 0.6 is 22.7 Å². The van der Waals surface area contributed by atoms with Crippen LogP contribution in [0.5, 0.6) is 0 Å². The fourth-order valence-corrected chi connectivity index (χ4v) is 7.65. The van der Waals surface area contributed by atoms with Gasteiger partial charge in [-0.3, -0.25) is 14.4 Å². The Labute approximate surface area is 236 Å². The molecule has 0 fully saturated rings. The van der Waals surface area contributed by atoms with Gasteiger partial charge in [0.05, 0.1) is 29.0 Å². The number of anilines is 1. The van der Waals surface area contributed by atoms with Crippen LogP contribution in [0.15, 0.2) is 23.2 Å². The molecule has 0 atom stereocenters. The number of nitrogens with zero attached hydrogens (tertiary/aromatic N) is 2. The molecule has 11 nitrogen and oxygen atoms in total. The predicted octanol–water partition coefficient (Wildman–Crippen LogP) is 2.61. The highest BCUT2D eigenvalue weighted by atomic mass is 32.2. The zero-order valence-corrected chi connectivity index (χ0v) is 24.1. The summed E-state index contributed by atoms with van der Waals surface area (Å²) in [5.41, 5.74) is 1.45. The van der Waals surface area contributed by atoms with Crippen LogP contribution in [0.4, 0.5) is 9.39 Å². The molecule has 0 spiro atoms. The second-order valence-corrected chi connectivity index (χ2v) is 12.9. The molecule has 2 amide bonds. The molecule has 4 rings (SSSR count). The first kappa shape index (κ1) is 29.6. The summed E-state index contributed by atoms with van der Waals surface area (Å²) in [4.78, 5) is 54.7. The van der Waals surface area contributed by atoms with E-state index in [1.807, 2.05) is 0 Å². The molecule has 2 aromatic heterocycles. The number of esters is 2. The highest BCUT2D eigenvalue weighted by Crippen LogP contribution is 2.39. The minimum Gasteiger partial charge on any atom is -0.465 e. The lowest BCUT2D eigenvalue weighted by molar-refractivity contribution is -0.143. The Hall–Kier alpha value is -3.43. The number of thiophene rings is 1. The summed E-state index contributed by atoms with van der Waals surface area (Å²) < 4.78 is 50.9. The molecule has 0 aliphatic heterocycles. The molecule has 0 unspecified atom stereocenters. The van der Waals surface area contributed by atoms with Crippen LogP contribution in [0.2, 0.25) is 0 Å². The molecule has 1 aliphatic carbocycles. The van der Waals surface area contributed by atoms with Crippen LogP contribution in [0, 0.1) is 5.82 Å². The molecule has 0 bridgehead atoms. The number of rotatable bonds is 10. The van der Waals surface area contributed by atoms with E-state index in [0.29, 0.717) is 16.6 Å². The third-order valence-corrected chi connectivity index (χ3v) is 9.44. The highest BCUT2D eigenvalue weighted by Gasteiger charge is 2.29. The van der Waals surface area contributed by atoms with Gasteiger partial charge in [0.15, 0.2) is 14.6 Å². The number of nitrogens with one attached hydrogen (secondary N) is 1. The maximum absolute atomic E-state index is 13.7. The van der Waals surface area contributed by atoms with Crippen LogP contribution in [-0.2, 0) is 53.1 Å². The fraction of sp³-hybridized carbons (Fsp3) is 0.400. The average molecular weight is 612 g/mol. The largest absolute Gasteiger partial charge is 0.465 e. The molecule has 1 aliphatic rings. The normalized spacial score (nSPS) is 13.3. The number of aromatic nitrogens is 1. The van der Waals surface area contributed by atoms with E-state index in [1.165, 1.54) is 34.1 Å². The van der Waals surface area contributed by atoms with E-state index in [1.54, 1.807) is 13.8 Å². The molecule has 0 saturated carbocycles. The smallest absolute Gasteiger partial charge is 0.341 e. The third-order valence-electron chi connectivity index (χ3n) is 5.81. The second kappa shape index (κ2) is 12.4. The minimum atomic E-state index is -4.26. The zero-order valence-electron chi connectivity index (χ0n) is 21.7. The lowest BCUT2D eigenvalue weighted by Gasteiger charge is -2.08. The monoisotopic (exact) mass is 611 g/mol. The van der Waals surface area contributed by atoms with E-state index in [4.69, 9.17) is 9.47 Å². The number of benzene rings is 1. The molecule has 15 heteroatoms. The second-order valence-electron chi connectivity index (χ2n) is 8.76. The van der Waals surface area contributed by atoms with Crippen molar-refractivity contribution in [2.45, 2.75) is 39.7 Å². The number of hydrogen-bond acceptors (Lipinski definition) is 10. The van der Waals surface area contributed by atoms with E-state index < -0.39 is 50.9 Å². The number of hydrogen-bond donors (Lipinski definition) is 1. The van der Waals surface area contributed by atoms with Crippen molar-refractivity contribution in [3.8, 4) is 0 Å². The Morgan fingerprint density at radius 1 is 1.07 bits per heavy atom. The summed E-state index contributed by atoms with van der Waals surface area (Å²) in [6.07, 6.45) is 2.28. The summed E-state index contributed by atoms with van der Waals surface area (Å²) >= 11 is 2.11. The van der Waals surface area contributed by atoms with Crippen LogP contribution in [0.3, 0.4) is 0 Å². The number of amides is 2. The average Bonchev–Trinajstić information content (AvgIpc) is 3.51. The van der Waals surface area contributed by atoms with Crippen molar-refractivity contribution in [1.82, 2.24) is 4.57 Å². The first-order valence-corrected chi connectivity index (χ1v) is 15.8. The molecule has 0 saturated heterocycles. The van der Waals surface area contributed by atoms with Crippen molar-refractivity contribution in [2.75, 3.05) is 30.0 Å². The van der Waals surface area contributed by atoms with Crippen molar-refractivity contribution >= 4 is 71.5 Å². The molecule has 1 N–H and O–H groups in total. The van der Waals surface area contributed by atoms with Gasteiger partial charge in [0, 0.05) is 4.88 Å². The van der Waals surface area contributed by atoms with E-state index in [9.17, 15) is 32.0 Å². The van der Waals surface area contributed by atoms with E-state index in [2.05, 4.69) is 10.3 Å². The maximum Gasteiger partial charge on any atom is 0.341 e. The van der Waals surface area contributed by atoms with Crippen molar-refractivity contribution in [2.24, 2.45) is 4.99 Å². The number of aryl methyl sites for hydroxylation is 1. The first-order valence-electron chi connectivity index (χ1n) is 12.3. The van der Waals surface area contributed by atoms with Crippen molar-refractivity contribution < 1.29 is 41.5 Å². The molecular formula is C25H26FN3O8S3. The van der Waals surface area contributed by atoms with Gasteiger partial charge < -0.3 is 19.4 Å². The van der Waals surface area contributed by atoms with Gasteiger partial charge in [-0.25, -0.2) is 17.6 Å². The van der Waals surface area contributed by atoms with Gasteiger partial charge in [-0.15, -0.1) is 11.3 Å². The summed E-state index contributed by atoms with van der Waals surface area (Å²) in [5.74, 6) is -5.81. The van der Waals surface area contributed by atoms with Crippen molar-refractivity contribution in [3.05, 3.63) is 44.8 Å². The van der Waals surface area contributed by atoms with Gasteiger partial charge in [-0.2, -0.15) is 4.99 Å². The Morgan fingerprint density at radius 3 is 2.55 bits per heavy atom. The molecular weight excluding hydrogens is 585 g/mol. The standard InChI is InChI=1S/C25H26FN3O8S3/c1-3-36-21(32)11-29-16-9-8-14(26)10-18(16)39-25(29)28-20(31)13-40(34,35)12-19(30)27-23-22(24(33)37-4-2)15-6-5-7-17(15)38-23/h8-10H,3-7,11-13H2,1-2H3,(H,27,30). The van der Waals surface area contributed by atoms with Gasteiger partial charge in [-0.1, -0.05) is 11.3 Å². The van der Waals surface area contributed by atoms with Gasteiger partial charge >= 0.3 is 11.9 Å². The summed E-state index contributed by atoms with van der Waals surface area (Å²) in [5, 5.41) is 2.71. The summed E-state index contributed by atoms with van der Waals surface area (Å²) in [6, 6.07) is 3.80. The number of carbonyl (C=O) groups excluding carboxylic acids is 4. The molecule has 0 radical (unpaired) electrons. The number of fused-ring (bicyclic) bond motifs is 2. The lowest BCUT2D eigenvalue weighted by atomic mass is 10.1. The Bertz CT molecular complexity index is 1670. The summed E-state index contributed by atoms with van der Waals surface area (Å²) in [7, 11) is -4.26. The van der Waals surface area contributed by atoms with Gasteiger partial charge in [-0.05, 0) is 56.9 Å². The molecule has 1 aromatic carbocycles. The SMILES string of the molecule is CCOC(=O)Cn1c(=NC(=O)CS(=O)(=O)CC(=O)Nc2sc3c(c2C(=O)OCC)CCC3)sc2cc(F)ccc21. The Balaban J connectivity index is 1.51. The van der Waals surface area contributed by atoms with E-state index in [-0.39, 0.29) is 35.1 Å². The minimum absolute atomic E-state index is 0.0227. The van der Waals surface area contributed by atoms with Gasteiger partial charge in [0.25, 0.3) is 5.91 Å². The zero-order chi connectivity index (χ0) is 29.0. The number of sulfone groups is 1. The topological polar surface area (TPSA) is 150 Å². The molecule has 40 heavy (non-hydrogen) atoms. The predicted molar refractivity (Wildman–Crippen MR) is 147 cm³/mol. The van der Waals surface area contributed by atoms with Crippen LogP contribution < -0.4 is 10.1 Å². The first-order chi connectivity index (χ1) is 19.0. The Kier molecular flexibility index (Phi) is 9.15. The number of carbonyl (C=O) groups is 4. The van der Waals surface area contributed by atoms with E-state index in [0.717, 1.165) is 34.6 Å². The molecule has 3 aromatic rings. The quantitative estimate of drug-likeness (QED) is 0.344. The van der Waals surface area contributed by atoms with Gasteiger partial charge in [0.1, 0.15) is 28.9 Å². The highest BCUT2D eigenvalue weighted by molar-refractivity contribution is 7.92. The number of thiazole rings is 1. The number of halogens is 1.